The number of fused-ring (bicyclic) bond motifs is 1. The molecule has 7 nitrogen and oxygen atoms in total. The first-order valence-electron chi connectivity index (χ1n) is 9.50. The zero-order valence-corrected chi connectivity index (χ0v) is 17.4. The van der Waals surface area contributed by atoms with Gasteiger partial charge in [0.25, 0.3) is 5.56 Å². The average Bonchev–Trinajstić information content (AvgIpc) is 3.10. The Hall–Kier alpha value is -3.00. The number of nitrogen functional groups attached to an aromatic ring is 1. The molecule has 2 N–H and O–H groups in total. The number of ether oxygens (including phenoxy) is 1. The Labute approximate surface area is 172 Å². The quantitative estimate of drug-likeness (QED) is 0.526. The molecule has 1 aliphatic carbocycles. The highest BCUT2D eigenvalue weighted by atomic mass is 32.1. The molecule has 0 aliphatic heterocycles. The Bertz CT molecular complexity index is 1110. The van der Waals surface area contributed by atoms with Gasteiger partial charge in [0.1, 0.15) is 10.8 Å². The van der Waals surface area contributed by atoms with Gasteiger partial charge in [-0.3, -0.25) is 9.59 Å². The highest BCUT2D eigenvalue weighted by Crippen LogP contribution is 2.25. The number of hydrogen-bond donors (Lipinski definition) is 1. The Morgan fingerprint density at radius 1 is 1.31 bits per heavy atom. The summed E-state index contributed by atoms with van der Waals surface area (Å²) in [6.07, 6.45) is 11.1. The number of carbonyl (C=O) groups excluding carboxylic acids is 1. The van der Waals surface area contributed by atoms with Crippen molar-refractivity contribution in [1.82, 2.24) is 14.6 Å². The van der Waals surface area contributed by atoms with Gasteiger partial charge >= 0.3 is 0 Å². The summed E-state index contributed by atoms with van der Waals surface area (Å²) in [6, 6.07) is 0. The van der Waals surface area contributed by atoms with Crippen molar-refractivity contribution >= 4 is 34.0 Å². The number of Topliss-reactive ketones (excluding diaryl/α,β-unsaturated/α-hetero) is 1. The van der Waals surface area contributed by atoms with Gasteiger partial charge in [-0.25, -0.2) is 0 Å². The molecule has 0 fully saturated rings. The molecule has 2 aromatic heterocycles. The first-order chi connectivity index (χ1) is 14.0. The molecule has 2 heterocycles. The molecular weight excluding hydrogens is 388 g/mol. The van der Waals surface area contributed by atoms with Crippen LogP contribution in [0.3, 0.4) is 0 Å². The molecule has 152 valence electrons. The number of aryl methyl sites for hydroxylation is 1. The molecule has 3 rings (SSSR count). The number of methoxy groups -OCH3 is 1. The molecule has 0 spiro atoms. The zero-order valence-electron chi connectivity index (χ0n) is 16.6. The van der Waals surface area contributed by atoms with E-state index in [4.69, 9.17) is 10.5 Å². The lowest BCUT2D eigenvalue weighted by Gasteiger charge is -2.14. The molecule has 0 atom stereocenters. The van der Waals surface area contributed by atoms with Crippen molar-refractivity contribution in [1.29, 1.82) is 0 Å². The lowest BCUT2D eigenvalue weighted by atomic mass is 9.95. The van der Waals surface area contributed by atoms with Gasteiger partial charge in [0, 0.05) is 12.0 Å². The van der Waals surface area contributed by atoms with E-state index in [0.29, 0.717) is 22.5 Å². The minimum absolute atomic E-state index is 0.195. The van der Waals surface area contributed by atoms with Crippen LogP contribution in [-0.4, -0.2) is 27.5 Å². The van der Waals surface area contributed by atoms with Gasteiger partial charge in [-0.15, -0.1) is 6.58 Å². The van der Waals surface area contributed by atoms with E-state index in [-0.39, 0.29) is 22.9 Å². The van der Waals surface area contributed by atoms with Crippen molar-refractivity contribution in [2.24, 2.45) is 0 Å². The standard InChI is InChI=1S/C21H24N4O3S/c1-4-6-7-9-17-24-25-19(22)15(20(27)23-21(25)29-17)11-13-10-14(8-5-2)18(26)16(12-13)28-3/h5,10-12H,2,4,6-9,22H2,1,3H3/b13-11+. The molecular formula is C21H24N4O3S. The SMILES string of the molecule is C=CCC1=C/C(=C\c2c(N)n3nc(CCCCC)sc3nc2=O)C=C(OC)C1=O. The van der Waals surface area contributed by atoms with Crippen molar-refractivity contribution in [2.45, 2.75) is 39.0 Å². The topological polar surface area (TPSA) is 99.6 Å². The smallest absolute Gasteiger partial charge is 0.283 e. The summed E-state index contributed by atoms with van der Waals surface area (Å²) in [7, 11) is 1.43. The van der Waals surface area contributed by atoms with Crippen LogP contribution >= 0.6 is 11.3 Å². The lowest BCUT2D eigenvalue weighted by Crippen LogP contribution is -2.17. The predicted octanol–water partition coefficient (Wildman–Crippen LogP) is 3.46. The van der Waals surface area contributed by atoms with Gasteiger partial charge in [0.2, 0.25) is 10.7 Å². The molecule has 0 amide bonds. The fraction of sp³-hybridized carbons (Fsp3) is 0.333. The normalized spacial score (nSPS) is 15.5. The summed E-state index contributed by atoms with van der Waals surface area (Å²) in [5.74, 6) is 0.239. The van der Waals surface area contributed by atoms with Crippen molar-refractivity contribution in [2.75, 3.05) is 12.8 Å². The maximum absolute atomic E-state index is 12.6. The van der Waals surface area contributed by atoms with Crippen molar-refractivity contribution in [3.8, 4) is 0 Å². The minimum Gasteiger partial charge on any atom is -0.493 e. The van der Waals surface area contributed by atoms with Gasteiger partial charge in [0.05, 0.1) is 12.7 Å². The number of hydrogen-bond acceptors (Lipinski definition) is 7. The summed E-state index contributed by atoms with van der Waals surface area (Å²) < 4.78 is 6.70. The highest BCUT2D eigenvalue weighted by Gasteiger charge is 2.21. The van der Waals surface area contributed by atoms with Gasteiger partial charge < -0.3 is 10.5 Å². The van der Waals surface area contributed by atoms with Crippen LogP contribution in [0.15, 0.2) is 46.5 Å². The second-order valence-electron chi connectivity index (χ2n) is 6.71. The molecule has 0 saturated carbocycles. The molecule has 0 bridgehead atoms. The van der Waals surface area contributed by atoms with Crippen LogP contribution in [-0.2, 0) is 16.0 Å². The second-order valence-corrected chi connectivity index (χ2v) is 7.75. The largest absolute Gasteiger partial charge is 0.493 e. The van der Waals surface area contributed by atoms with Crippen molar-refractivity contribution in [3.05, 3.63) is 62.6 Å². The summed E-state index contributed by atoms with van der Waals surface area (Å²) in [5, 5.41) is 5.43. The zero-order chi connectivity index (χ0) is 21.0. The van der Waals surface area contributed by atoms with E-state index in [1.54, 1.807) is 24.3 Å². The first-order valence-corrected chi connectivity index (χ1v) is 10.3. The maximum Gasteiger partial charge on any atom is 0.283 e. The third kappa shape index (κ3) is 4.37. The van der Waals surface area contributed by atoms with E-state index in [9.17, 15) is 9.59 Å². The van der Waals surface area contributed by atoms with E-state index < -0.39 is 5.56 Å². The third-order valence-electron chi connectivity index (χ3n) is 4.58. The van der Waals surface area contributed by atoms with Gasteiger partial charge in [0.15, 0.2) is 5.76 Å². The fourth-order valence-electron chi connectivity index (χ4n) is 3.08. The summed E-state index contributed by atoms with van der Waals surface area (Å²) in [5.41, 5.74) is 7.22. The number of nitrogens with zero attached hydrogens (tertiary/aromatic N) is 3. The number of ketones is 1. The van der Waals surface area contributed by atoms with Crippen LogP contribution in [0.5, 0.6) is 0 Å². The van der Waals surface area contributed by atoms with E-state index in [1.807, 2.05) is 0 Å². The van der Waals surface area contributed by atoms with Crippen LogP contribution in [0.2, 0.25) is 0 Å². The van der Waals surface area contributed by atoms with Crippen LogP contribution in [0.1, 0.15) is 43.2 Å². The average molecular weight is 413 g/mol. The number of carbonyl (C=O) groups is 1. The van der Waals surface area contributed by atoms with Crippen LogP contribution in [0, 0.1) is 0 Å². The number of allylic oxidation sites excluding steroid dienone is 5. The van der Waals surface area contributed by atoms with Gasteiger partial charge in [-0.2, -0.15) is 14.6 Å². The summed E-state index contributed by atoms with van der Waals surface area (Å²) >= 11 is 1.38. The van der Waals surface area contributed by atoms with Crippen LogP contribution in [0.25, 0.3) is 11.0 Å². The van der Waals surface area contributed by atoms with Crippen LogP contribution < -0.4 is 11.3 Å². The van der Waals surface area contributed by atoms with Crippen molar-refractivity contribution < 1.29 is 9.53 Å². The monoisotopic (exact) mass is 412 g/mol. The van der Waals surface area contributed by atoms with E-state index >= 15 is 0 Å². The number of aromatic nitrogens is 3. The van der Waals surface area contributed by atoms with E-state index in [2.05, 4.69) is 23.6 Å². The predicted molar refractivity (Wildman–Crippen MR) is 116 cm³/mol. The Morgan fingerprint density at radius 3 is 2.79 bits per heavy atom. The molecule has 0 saturated heterocycles. The summed E-state index contributed by atoms with van der Waals surface area (Å²) in [6.45, 7) is 5.82. The lowest BCUT2D eigenvalue weighted by molar-refractivity contribution is -0.115. The van der Waals surface area contributed by atoms with E-state index in [0.717, 1.165) is 30.7 Å². The second kappa shape index (κ2) is 9.00. The van der Waals surface area contributed by atoms with Crippen molar-refractivity contribution in [3.63, 3.8) is 0 Å². The molecule has 8 heteroatoms. The Morgan fingerprint density at radius 2 is 2.10 bits per heavy atom. The Kier molecular flexibility index (Phi) is 6.43. The molecule has 0 aromatic carbocycles. The molecule has 1 aliphatic rings. The first kappa shape index (κ1) is 20.7. The Balaban J connectivity index is 2.04. The number of anilines is 1. The minimum atomic E-state index is -0.429. The van der Waals surface area contributed by atoms with Crippen LogP contribution in [0.4, 0.5) is 5.82 Å². The highest BCUT2D eigenvalue weighted by molar-refractivity contribution is 7.16. The fourth-order valence-corrected chi connectivity index (χ4v) is 4.01. The number of nitrogens with two attached hydrogens (primary N) is 1. The molecule has 2 aromatic rings. The third-order valence-corrected chi connectivity index (χ3v) is 5.55. The van der Waals surface area contributed by atoms with Gasteiger partial charge in [-0.1, -0.05) is 37.2 Å². The van der Waals surface area contributed by atoms with Gasteiger partial charge in [-0.05, 0) is 36.6 Å². The summed E-state index contributed by atoms with van der Waals surface area (Å²) in [4.78, 5) is 29.5. The number of rotatable bonds is 8. The maximum atomic E-state index is 12.6. The molecule has 0 radical (unpaired) electrons. The number of unbranched alkanes of at least 4 members (excludes halogenated alkanes) is 2. The molecule has 29 heavy (non-hydrogen) atoms. The van der Waals surface area contributed by atoms with E-state index in [1.165, 1.54) is 23.0 Å². The molecule has 0 unspecified atom stereocenters.